The SMILES string of the molecule is CC(C)CN1CCN(C(CN)C(F)(F)F)CC1. The van der Waals surface area contributed by atoms with Crippen LogP contribution in [0.3, 0.4) is 0 Å². The van der Waals surface area contributed by atoms with Crippen LogP contribution < -0.4 is 5.73 Å². The standard InChI is InChI=1S/C11H22F3N3/c1-9(2)8-16-3-5-17(6-4-16)10(7-15)11(12,13)14/h9-10H,3-8,15H2,1-2H3. The Hall–Kier alpha value is -0.330. The highest BCUT2D eigenvalue weighted by Gasteiger charge is 2.43. The first kappa shape index (κ1) is 14.7. The third kappa shape index (κ3) is 4.44. The maximum atomic E-state index is 12.7. The topological polar surface area (TPSA) is 32.5 Å². The molecule has 1 aliphatic heterocycles. The fourth-order valence-corrected chi connectivity index (χ4v) is 2.26. The third-order valence-corrected chi connectivity index (χ3v) is 3.07. The number of nitrogens with zero attached hydrogens (tertiary/aromatic N) is 2. The molecule has 0 saturated carbocycles. The zero-order chi connectivity index (χ0) is 13.1. The number of alkyl halides is 3. The quantitative estimate of drug-likeness (QED) is 0.816. The van der Waals surface area contributed by atoms with Crippen LogP contribution in [0.25, 0.3) is 0 Å². The highest BCUT2D eigenvalue weighted by Crippen LogP contribution is 2.25. The molecule has 1 atom stereocenters. The van der Waals surface area contributed by atoms with E-state index < -0.39 is 12.2 Å². The summed E-state index contributed by atoms with van der Waals surface area (Å²) in [6.45, 7) is 7.13. The van der Waals surface area contributed by atoms with Crippen molar-refractivity contribution in [3.05, 3.63) is 0 Å². The van der Waals surface area contributed by atoms with Gasteiger partial charge in [0.2, 0.25) is 0 Å². The largest absolute Gasteiger partial charge is 0.405 e. The van der Waals surface area contributed by atoms with Gasteiger partial charge in [0.1, 0.15) is 6.04 Å². The van der Waals surface area contributed by atoms with E-state index in [-0.39, 0.29) is 6.54 Å². The predicted molar refractivity (Wildman–Crippen MR) is 61.7 cm³/mol. The van der Waals surface area contributed by atoms with Crippen LogP contribution in [-0.4, -0.2) is 61.3 Å². The fourth-order valence-electron chi connectivity index (χ4n) is 2.26. The summed E-state index contributed by atoms with van der Waals surface area (Å²) in [6, 6.07) is -1.48. The van der Waals surface area contributed by atoms with Crippen LogP contribution in [0.15, 0.2) is 0 Å². The number of hydrogen-bond acceptors (Lipinski definition) is 3. The minimum atomic E-state index is -4.21. The van der Waals surface area contributed by atoms with Crippen molar-refractivity contribution >= 4 is 0 Å². The van der Waals surface area contributed by atoms with Gasteiger partial charge in [-0.2, -0.15) is 13.2 Å². The van der Waals surface area contributed by atoms with Crippen LogP contribution in [0, 0.1) is 5.92 Å². The Morgan fingerprint density at radius 3 is 2.00 bits per heavy atom. The predicted octanol–water partition coefficient (Wildman–Crippen LogP) is 1.15. The Bertz CT molecular complexity index is 222. The van der Waals surface area contributed by atoms with Gasteiger partial charge in [-0.3, -0.25) is 4.90 Å². The molecule has 1 rings (SSSR count). The number of rotatable bonds is 4. The monoisotopic (exact) mass is 253 g/mol. The van der Waals surface area contributed by atoms with E-state index in [1.165, 1.54) is 4.90 Å². The number of halogens is 3. The van der Waals surface area contributed by atoms with Gasteiger partial charge in [0.25, 0.3) is 0 Å². The third-order valence-electron chi connectivity index (χ3n) is 3.07. The van der Waals surface area contributed by atoms with E-state index in [1.54, 1.807) is 0 Å². The number of piperazine rings is 1. The first-order chi connectivity index (χ1) is 7.84. The van der Waals surface area contributed by atoms with Crippen LogP contribution in [0.4, 0.5) is 13.2 Å². The molecule has 0 spiro atoms. The molecule has 3 nitrogen and oxygen atoms in total. The molecule has 1 unspecified atom stereocenters. The van der Waals surface area contributed by atoms with Crippen molar-refractivity contribution in [2.45, 2.75) is 26.1 Å². The smallest absolute Gasteiger partial charge is 0.329 e. The van der Waals surface area contributed by atoms with Gasteiger partial charge < -0.3 is 10.6 Å². The van der Waals surface area contributed by atoms with E-state index in [2.05, 4.69) is 18.7 Å². The second-order valence-corrected chi connectivity index (χ2v) is 5.02. The Labute approximate surface area is 101 Å². The van der Waals surface area contributed by atoms with E-state index in [9.17, 15) is 13.2 Å². The minimum absolute atomic E-state index is 0.353. The molecule has 0 aromatic rings. The molecule has 0 aromatic carbocycles. The van der Waals surface area contributed by atoms with Gasteiger partial charge in [-0.15, -0.1) is 0 Å². The Morgan fingerprint density at radius 1 is 1.12 bits per heavy atom. The van der Waals surface area contributed by atoms with Gasteiger partial charge in [0, 0.05) is 39.3 Å². The number of nitrogens with two attached hydrogens (primary N) is 1. The van der Waals surface area contributed by atoms with Crippen molar-refractivity contribution in [3.63, 3.8) is 0 Å². The maximum absolute atomic E-state index is 12.7. The molecule has 1 heterocycles. The lowest BCUT2D eigenvalue weighted by molar-refractivity contribution is -0.184. The van der Waals surface area contributed by atoms with Crippen LogP contribution in [0.5, 0.6) is 0 Å². The van der Waals surface area contributed by atoms with Gasteiger partial charge in [0.15, 0.2) is 0 Å². The summed E-state index contributed by atoms with van der Waals surface area (Å²) in [5.74, 6) is 0.550. The summed E-state index contributed by atoms with van der Waals surface area (Å²) in [6.07, 6.45) is -4.21. The van der Waals surface area contributed by atoms with Crippen molar-refractivity contribution in [1.29, 1.82) is 0 Å². The van der Waals surface area contributed by atoms with Crippen LogP contribution in [0.2, 0.25) is 0 Å². The summed E-state index contributed by atoms with van der Waals surface area (Å²) in [5, 5.41) is 0. The molecule has 1 fully saturated rings. The molecule has 102 valence electrons. The molecule has 0 aliphatic carbocycles. The normalized spacial score (nSPS) is 22.1. The minimum Gasteiger partial charge on any atom is -0.329 e. The summed E-state index contributed by atoms with van der Waals surface area (Å²) >= 11 is 0. The van der Waals surface area contributed by atoms with E-state index in [0.717, 1.165) is 6.54 Å². The van der Waals surface area contributed by atoms with Crippen molar-refractivity contribution in [1.82, 2.24) is 9.80 Å². The summed E-state index contributed by atoms with van der Waals surface area (Å²) in [7, 11) is 0. The second kappa shape index (κ2) is 6.02. The molecule has 2 N–H and O–H groups in total. The van der Waals surface area contributed by atoms with Gasteiger partial charge in [-0.1, -0.05) is 13.8 Å². The van der Waals surface area contributed by atoms with E-state index >= 15 is 0 Å². The van der Waals surface area contributed by atoms with Gasteiger partial charge in [-0.25, -0.2) is 0 Å². The highest BCUT2D eigenvalue weighted by molar-refractivity contribution is 4.84. The van der Waals surface area contributed by atoms with Crippen LogP contribution in [-0.2, 0) is 0 Å². The fraction of sp³-hybridized carbons (Fsp3) is 1.00. The molecular formula is C11H22F3N3. The zero-order valence-corrected chi connectivity index (χ0v) is 10.5. The average molecular weight is 253 g/mol. The molecule has 1 saturated heterocycles. The zero-order valence-electron chi connectivity index (χ0n) is 10.5. The molecule has 0 aromatic heterocycles. The van der Waals surface area contributed by atoms with Crippen LogP contribution >= 0.6 is 0 Å². The summed E-state index contributed by atoms with van der Waals surface area (Å²) in [5.41, 5.74) is 5.23. The van der Waals surface area contributed by atoms with Crippen molar-refractivity contribution in [3.8, 4) is 0 Å². The van der Waals surface area contributed by atoms with E-state index in [0.29, 0.717) is 32.1 Å². The molecule has 0 bridgehead atoms. The molecule has 0 amide bonds. The maximum Gasteiger partial charge on any atom is 0.405 e. The molecule has 6 heteroatoms. The van der Waals surface area contributed by atoms with E-state index in [1.807, 2.05) is 0 Å². The lowest BCUT2D eigenvalue weighted by Crippen LogP contribution is -2.57. The first-order valence-electron chi connectivity index (χ1n) is 6.07. The Balaban J connectivity index is 2.45. The molecule has 1 aliphatic rings. The van der Waals surface area contributed by atoms with E-state index in [4.69, 9.17) is 5.73 Å². The average Bonchev–Trinajstić information content (AvgIpc) is 2.18. The molecular weight excluding hydrogens is 231 g/mol. The second-order valence-electron chi connectivity index (χ2n) is 5.02. The van der Waals surface area contributed by atoms with Crippen molar-refractivity contribution < 1.29 is 13.2 Å². The molecule has 17 heavy (non-hydrogen) atoms. The number of hydrogen-bond donors (Lipinski definition) is 1. The lowest BCUT2D eigenvalue weighted by Gasteiger charge is -2.39. The first-order valence-corrected chi connectivity index (χ1v) is 6.07. The van der Waals surface area contributed by atoms with Crippen LogP contribution in [0.1, 0.15) is 13.8 Å². The highest BCUT2D eigenvalue weighted by atomic mass is 19.4. The van der Waals surface area contributed by atoms with Gasteiger partial charge >= 0.3 is 6.18 Å². The van der Waals surface area contributed by atoms with Crippen molar-refractivity contribution in [2.75, 3.05) is 39.3 Å². The Kier molecular flexibility index (Phi) is 5.22. The van der Waals surface area contributed by atoms with Gasteiger partial charge in [0.05, 0.1) is 0 Å². The Morgan fingerprint density at radius 2 is 1.65 bits per heavy atom. The summed E-state index contributed by atoms with van der Waals surface area (Å²) in [4.78, 5) is 3.67. The molecule has 0 radical (unpaired) electrons. The van der Waals surface area contributed by atoms with Crippen molar-refractivity contribution in [2.24, 2.45) is 11.7 Å². The lowest BCUT2D eigenvalue weighted by atomic mass is 10.1. The van der Waals surface area contributed by atoms with Gasteiger partial charge in [-0.05, 0) is 5.92 Å². The summed E-state index contributed by atoms with van der Waals surface area (Å²) < 4.78 is 38.0.